The number of carbonyl (C=O) groups excluding carboxylic acids is 1. The van der Waals surface area contributed by atoms with E-state index in [0.717, 1.165) is 5.69 Å². The fourth-order valence-electron chi connectivity index (χ4n) is 1.19. The number of hydrazone groups is 1. The van der Waals surface area contributed by atoms with E-state index >= 15 is 0 Å². The van der Waals surface area contributed by atoms with E-state index in [4.69, 9.17) is 5.73 Å². The monoisotopic (exact) mass is 233 g/mol. The number of nitrogens with one attached hydrogen (secondary N) is 2. The molecule has 88 valence electrons. The Balaban J connectivity index is 1.97. The van der Waals surface area contributed by atoms with Gasteiger partial charge in [0.1, 0.15) is 0 Å². The Kier molecular flexibility index (Phi) is 2.86. The first-order valence-corrected chi connectivity index (χ1v) is 4.79. The standard InChI is InChI=1S/C9H11N7O/c1-16-4-2-3-6(16)5-11-14-8(17)7-12-9(10)15-13-7/h2-5H,1H3,(H,14,17)(H3,10,12,13,15)/b11-5+. The van der Waals surface area contributed by atoms with Gasteiger partial charge in [0.15, 0.2) is 0 Å². The Bertz CT molecular complexity index is 553. The highest BCUT2D eigenvalue weighted by Crippen LogP contribution is 1.95. The molecule has 0 saturated heterocycles. The third kappa shape index (κ3) is 2.48. The summed E-state index contributed by atoms with van der Waals surface area (Å²) in [6, 6.07) is 3.74. The molecular weight excluding hydrogens is 222 g/mol. The van der Waals surface area contributed by atoms with Crippen LogP contribution in [0.2, 0.25) is 0 Å². The summed E-state index contributed by atoms with van der Waals surface area (Å²) in [5, 5.41) is 9.70. The van der Waals surface area contributed by atoms with Crippen LogP contribution in [0, 0.1) is 0 Å². The predicted molar refractivity (Wildman–Crippen MR) is 61.3 cm³/mol. The van der Waals surface area contributed by atoms with Gasteiger partial charge < -0.3 is 10.3 Å². The minimum atomic E-state index is -0.500. The lowest BCUT2D eigenvalue weighted by Gasteiger charge is -1.96. The lowest BCUT2D eigenvalue weighted by molar-refractivity contribution is 0.0945. The summed E-state index contributed by atoms with van der Waals surface area (Å²) in [5.41, 5.74) is 8.44. The molecule has 0 aliphatic heterocycles. The van der Waals surface area contributed by atoms with Crippen molar-refractivity contribution in [2.75, 3.05) is 5.73 Å². The molecule has 17 heavy (non-hydrogen) atoms. The van der Waals surface area contributed by atoms with Gasteiger partial charge in [-0.3, -0.25) is 9.89 Å². The van der Waals surface area contributed by atoms with Gasteiger partial charge in [0.05, 0.1) is 11.9 Å². The number of hydrogen-bond donors (Lipinski definition) is 3. The topological polar surface area (TPSA) is 114 Å². The van der Waals surface area contributed by atoms with Crippen molar-refractivity contribution in [1.82, 2.24) is 25.2 Å². The van der Waals surface area contributed by atoms with Crippen molar-refractivity contribution in [3.8, 4) is 0 Å². The number of hydrogen-bond acceptors (Lipinski definition) is 5. The Morgan fingerprint density at radius 3 is 3.12 bits per heavy atom. The Morgan fingerprint density at radius 1 is 1.71 bits per heavy atom. The van der Waals surface area contributed by atoms with Crippen LogP contribution in [0.1, 0.15) is 16.3 Å². The fraction of sp³-hybridized carbons (Fsp3) is 0.111. The minimum absolute atomic E-state index is 0.0153. The second kappa shape index (κ2) is 4.47. The van der Waals surface area contributed by atoms with Crippen LogP contribution in [0.5, 0.6) is 0 Å². The van der Waals surface area contributed by atoms with Crippen molar-refractivity contribution in [1.29, 1.82) is 0 Å². The van der Waals surface area contributed by atoms with Crippen molar-refractivity contribution < 1.29 is 4.79 Å². The van der Waals surface area contributed by atoms with Crippen LogP contribution >= 0.6 is 0 Å². The number of carbonyl (C=O) groups is 1. The molecule has 2 aromatic heterocycles. The second-order valence-corrected chi connectivity index (χ2v) is 3.29. The molecule has 4 N–H and O–H groups in total. The number of rotatable bonds is 3. The first kappa shape index (κ1) is 10.9. The molecule has 2 aromatic rings. The third-order valence-corrected chi connectivity index (χ3v) is 2.06. The molecule has 0 aromatic carbocycles. The van der Waals surface area contributed by atoms with E-state index in [1.807, 2.05) is 29.9 Å². The summed E-state index contributed by atoms with van der Waals surface area (Å²) >= 11 is 0. The summed E-state index contributed by atoms with van der Waals surface area (Å²) in [5.74, 6) is -0.465. The summed E-state index contributed by atoms with van der Waals surface area (Å²) < 4.78 is 1.86. The van der Waals surface area contributed by atoms with Gasteiger partial charge in [-0.1, -0.05) is 0 Å². The molecule has 0 aliphatic rings. The van der Waals surface area contributed by atoms with Gasteiger partial charge in [-0.15, -0.1) is 5.10 Å². The number of nitrogens with zero attached hydrogens (tertiary/aromatic N) is 4. The number of aryl methyl sites for hydroxylation is 1. The van der Waals surface area contributed by atoms with Crippen LogP contribution in [0.15, 0.2) is 23.4 Å². The zero-order chi connectivity index (χ0) is 12.3. The second-order valence-electron chi connectivity index (χ2n) is 3.29. The molecule has 0 spiro atoms. The molecule has 8 heteroatoms. The van der Waals surface area contributed by atoms with Crippen LogP contribution in [0.25, 0.3) is 0 Å². The van der Waals surface area contributed by atoms with Crippen LogP contribution in [0.4, 0.5) is 5.95 Å². The van der Waals surface area contributed by atoms with Gasteiger partial charge in [-0.05, 0) is 12.1 Å². The molecule has 0 unspecified atom stereocenters. The number of nitrogen functional groups attached to an aromatic ring is 1. The van der Waals surface area contributed by atoms with E-state index in [2.05, 4.69) is 25.7 Å². The van der Waals surface area contributed by atoms with Gasteiger partial charge in [0, 0.05) is 13.2 Å². The Hall–Kier alpha value is -2.64. The number of nitrogens with two attached hydrogens (primary N) is 1. The predicted octanol–water partition coefficient (Wildman–Crippen LogP) is -0.511. The molecule has 0 bridgehead atoms. The van der Waals surface area contributed by atoms with Crippen LogP contribution in [0.3, 0.4) is 0 Å². The lowest BCUT2D eigenvalue weighted by atomic mass is 10.5. The number of aromatic nitrogens is 4. The highest BCUT2D eigenvalue weighted by molar-refractivity contribution is 5.91. The molecule has 0 saturated carbocycles. The van der Waals surface area contributed by atoms with Crippen molar-refractivity contribution in [3.05, 3.63) is 29.8 Å². The largest absolute Gasteiger partial charge is 0.366 e. The van der Waals surface area contributed by atoms with E-state index in [1.165, 1.54) is 6.21 Å². The SMILES string of the molecule is Cn1cccc1/C=N/NC(=O)c1nc(N)n[nH]1. The molecule has 2 heterocycles. The van der Waals surface area contributed by atoms with Crippen LogP contribution in [-0.2, 0) is 7.05 Å². The molecule has 0 radical (unpaired) electrons. The summed E-state index contributed by atoms with van der Waals surface area (Å²) in [6.45, 7) is 0. The molecule has 1 amide bonds. The molecule has 0 atom stereocenters. The smallest absolute Gasteiger partial charge is 0.308 e. The van der Waals surface area contributed by atoms with Crippen LogP contribution < -0.4 is 11.2 Å². The maximum atomic E-state index is 11.5. The Labute approximate surface area is 96.5 Å². The van der Waals surface area contributed by atoms with Crippen molar-refractivity contribution >= 4 is 18.1 Å². The average molecular weight is 233 g/mol. The van der Waals surface area contributed by atoms with Gasteiger partial charge in [-0.25, -0.2) is 5.43 Å². The fourth-order valence-corrected chi connectivity index (χ4v) is 1.19. The van der Waals surface area contributed by atoms with Crippen molar-refractivity contribution in [3.63, 3.8) is 0 Å². The minimum Gasteiger partial charge on any atom is -0.366 e. The highest BCUT2D eigenvalue weighted by Gasteiger charge is 2.08. The maximum Gasteiger partial charge on any atom is 0.308 e. The normalized spacial score (nSPS) is 10.9. The molecule has 2 rings (SSSR count). The number of amides is 1. The quantitative estimate of drug-likeness (QED) is 0.489. The Morgan fingerprint density at radius 2 is 2.53 bits per heavy atom. The number of aromatic amines is 1. The third-order valence-electron chi connectivity index (χ3n) is 2.06. The zero-order valence-electron chi connectivity index (χ0n) is 9.08. The van der Waals surface area contributed by atoms with Gasteiger partial charge in [0.25, 0.3) is 0 Å². The highest BCUT2D eigenvalue weighted by atomic mass is 16.2. The molecule has 0 fully saturated rings. The van der Waals surface area contributed by atoms with Crippen LogP contribution in [-0.4, -0.2) is 31.9 Å². The summed E-state index contributed by atoms with van der Waals surface area (Å²) in [4.78, 5) is 15.1. The molecule has 0 aliphatic carbocycles. The number of H-pyrrole nitrogens is 1. The average Bonchev–Trinajstić information content (AvgIpc) is 2.88. The first-order valence-electron chi connectivity index (χ1n) is 4.79. The van der Waals surface area contributed by atoms with Gasteiger partial charge in [-0.2, -0.15) is 10.1 Å². The van der Waals surface area contributed by atoms with Gasteiger partial charge in [0.2, 0.25) is 11.8 Å². The van der Waals surface area contributed by atoms with E-state index < -0.39 is 5.91 Å². The van der Waals surface area contributed by atoms with E-state index in [0.29, 0.717) is 0 Å². The van der Waals surface area contributed by atoms with Gasteiger partial charge >= 0.3 is 5.91 Å². The van der Waals surface area contributed by atoms with E-state index in [1.54, 1.807) is 0 Å². The summed E-state index contributed by atoms with van der Waals surface area (Å²) in [7, 11) is 1.88. The molecule has 8 nitrogen and oxygen atoms in total. The maximum absolute atomic E-state index is 11.5. The molecular formula is C9H11N7O. The lowest BCUT2D eigenvalue weighted by Crippen LogP contribution is -2.19. The zero-order valence-corrected chi connectivity index (χ0v) is 9.08. The number of anilines is 1. The van der Waals surface area contributed by atoms with E-state index in [9.17, 15) is 4.79 Å². The first-order chi connectivity index (χ1) is 8.16. The van der Waals surface area contributed by atoms with Crippen molar-refractivity contribution in [2.24, 2.45) is 12.1 Å². The van der Waals surface area contributed by atoms with Crippen molar-refractivity contribution in [2.45, 2.75) is 0 Å². The summed E-state index contributed by atoms with van der Waals surface area (Å²) in [6.07, 6.45) is 3.40. The van der Waals surface area contributed by atoms with E-state index in [-0.39, 0.29) is 11.8 Å².